The lowest BCUT2D eigenvalue weighted by Crippen LogP contribution is -2.33. The molecule has 1 saturated heterocycles. The Hall–Kier alpha value is -2.79. The molecular formula is C18H20N6O4. The smallest absolute Gasteiger partial charge is 0.225 e. The molecule has 5 rings (SSSR count). The van der Waals surface area contributed by atoms with Crippen molar-refractivity contribution in [2.75, 3.05) is 11.9 Å². The van der Waals surface area contributed by atoms with Crippen LogP contribution in [-0.2, 0) is 11.3 Å². The van der Waals surface area contributed by atoms with E-state index in [-0.39, 0.29) is 11.7 Å². The van der Waals surface area contributed by atoms with Gasteiger partial charge in [0.15, 0.2) is 11.9 Å². The molecule has 1 unspecified atom stereocenters. The number of fused-ring (bicyclic) bond motifs is 3. The number of anilines is 1. The minimum atomic E-state index is -1.24. The van der Waals surface area contributed by atoms with Crippen molar-refractivity contribution in [1.29, 1.82) is 5.41 Å². The normalized spacial score (nSPS) is 29.2. The number of rotatable bonds is 3. The van der Waals surface area contributed by atoms with Gasteiger partial charge in [0.25, 0.3) is 0 Å². The Morgan fingerprint density at radius 2 is 2.00 bits per heavy atom. The maximum Gasteiger partial charge on any atom is 0.225 e. The average molecular weight is 384 g/mol. The third kappa shape index (κ3) is 2.46. The highest BCUT2D eigenvalue weighted by Crippen LogP contribution is 2.35. The van der Waals surface area contributed by atoms with E-state index in [9.17, 15) is 15.3 Å². The fraction of sp³-hybridized carbons (Fsp3) is 0.389. The molecule has 0 bridgehead atoms. The number of aliphatic hydroxyl groups is 3. The van der Waals surface area contributed by atoms with Gasteiger partial charge in [0.1, 0.15) is 29.6 Å². The summed E-state index contributed by atoms with van der Waals surface area (Å²) in [6.07, 6.45) is -2.82. The Balaban J connectivity index is 1.56. The van der Waals surface area contributed by atoms with Gasteiger partial charge in [0.2, 0.25) is 5.62 Å². The molecule has 3 aromatic rings. The highest BCUT2D eigenvalue weighted by atomic mass is 16.6. The van der Waals surface area contributed by atoms with Crippen molar-refractivity contribution in [3.63, 3.8) is 0 Å². The fourth-order valence-corrected chi connectivity index (χ4v) is 3.91. The Kier molecular flexibility index (Phi) is 3.95. The minimum absolute atomic E-state index is 0.00300. The van der Waals surface area contributed by atoms with Crippen LogP contribution < -0.4 is 10.9 Å². The predicted octanol–water partition coefficient (Wildman–Crippen LogP) is -0.509. The lowest BCUT2D eigenvalue weighted by Gasteiger charge is -2.16. The molecule has 1 aromatic carbocycles. The van der Waals surface area contributed by atoms with Crippen molar-refractivity contribution in [3.05, 3.63) is 47.8 Å². The highest BCUT2D eigenvalue weighted by molar-refractivity contribution is 5.84. The van der Waals surface area contributed by atoms with Gasteiger partial charge in [-0.3, -0.25) is 14.5 Å². The number of hydrogen-bond acceptors (Lipinski definition) is 8. The van der Waals surface area contributed by atoms with Crippen molar-refractivity contribution in [3.8, 4) is 0 Å². The van der Waals surface area contributed by atoms with E-state index in [0.29, 0.717) is 23.5 Å². The van der Waals surface area contributed by atoms with Gasteiger partial charge in [-0.1, -0.05) is 30.3 Å². The minimum Gasteiger partial charge on any atom is -0.394 e. The first-order chi connectivity index (χ1) is 13.6. The van der Waals surface area contributed by atoms with Crippen LogP contribution in [0.15, 0.2) is 36.7 Å². The summed E-state index contributed by atoms with van der Waals surface area (Å²) in [5, 5.41) is 41.4. The summed E-state index contributed by atoms with van der Waals surface area (Å²) in [4.78, 5) is 8.76. The van der Waals surface area contributed by atoms with Crippen molar-refractivity contribution < 1.29 is 20.1 Å². The summed E-state index contributed by atoms with van der Waals surface area (Å²) >= 11 is 0. The molecule has 4 heterocycles. The Bertz CT molecular complexity index is 1080. The van der Waals surface area contributed by atoms with Gasteiger partial charge in [0.05, 0.1) is 25.5 Å². The molecule has 1 fully saturated rings. The largest absolute Gasteiger partial charge is 0.394 e. The van der Waals surface area contributed by atoms with Gasteiger partial charge in [0, 0.05) is 0 Å². The number of hydrogen-bond donors (Lipinski definition) is 5. The molecule has 0 amide bonds. The van der Waals surface area contributed by atoms with Crippen molar-refractivity contribution in [1.82, 2.24) is 19.1 Å². The van der Waals surface area contributed by atoms with E-state index in [2.05, 4.69) is 15.3 Å². The molecule has 5 atom stereocenters. The number of nitrogens with one attached hydrogen (secondary N) is 2. The summed E-state index contributed by atoms with van der Waals surface area (Å²) in [6.45, 7) is 0.145. The number of aromatic nitrogens is 4. The number of ether oxygens (including phenoxy) is 1. The molecule has 0 spiro atoms. The van der Waals surface area contributed by atoms with E-state index in [1.165, 1.54) is 10.9 Å². The van der Waals surface area contributed by atoms with Gasteiger partial charge < -0.3 is 25.4 Å². The molecule has 0 saturated carbocycles. The van der Waals surface area contributed by atoms with Gasteiger partial charge in [-0.2, -0.15) is 4.98 Å². The summed E-state index contributed by atoms with van der Waals surface area (Å²) in [5.74, 6) is 0.675. The van der Waals surface area contributed by atoms with E-state index in [4.69, 9.17) is 10.1 Å². The van der Waals surface area contributed by atoms with Crippen molar-refractivity contribution in [2.45, 2.75) is 37.1 Å². The topological polar surface area (TPSA) is 141 Å². The van der Waals surface area contributed by atoms with Crippen LogP contribution in [0.4, 0.5) is 5.82 Å². The number of imidazole rings is 1. The second kappa shape index (κ2) is 6.38. The lowest BCUT2D eigenvalue weighted by atomic mass is 10.1. The maximum atomic E-state index is 10.3. The summed E-state index contributed by atoms with van der Waals surface area (Å²) in [7, 11) is 0. The average Bonchev–Trinajstić information content (AvgIpc) is 3.40. The molecule has 28 heavy (non-hydrogen) atoms. The third-order valence-electron chi connectivity index (χ3n) is 5.40. The molecular weight excluding hydrogens is 364 g/mol. The molecule has 5 N–H and O–H groups in total. The van der Waals surface area contributed by atoms with Crippen LogP contribution in [0, 0.1) is 5.41 Å². The molecule has 10 heteroatoms. The van der Waals surface area contributed by atoms with Crippen molar-refractivity contribution in [2.24, 2.45) is 0 Å². The second-order valence-electron chi connectivity index (χ2n) is 7.06. The van der Waals surface area contributed by atoms with Gasteiger partial charge in [-0.05, 0) is 5.56 Å². The number of aliphatic hydroxyl groups excluding tert-OH is 3. The Labute approximate surface area is 159 Å². The van der Waals surface area contributed by atoms with Crippen LogP contribution in [0.3, 0.4) is 0 Å². The molecule has 10 nitrogen and oxygen atoms in total. The first-order valence-electron chi connectivity index (χ1n) is 9.04. The first-order valence-corrected chi connectivity index (χ1v) is 9.04. The fourth-order valence-electron chi connectivity index (χ4n) is 3.91. The highest BCUT2D eigenvalue weighted by Gasteiger charge is 2.44. The molecule has 2 aliphatic heterocycles. The zero-order valence-electron chi connectivity index (χ0n) is 14.8. The standard InChI is InChI=1S/C18H20N6O4/c19-18-22-16-12(15-21-10(6-23(15)18)9-4-2-1-3-5-9)20-8-24(16)17-14(27)13(26)11(7-25)28-17/h1-5,8,10-11,13-14,17,19,21,25-27H,6-7H2/t10-,11+,13+,14+,17?/m1/s1. The number of nitrogens with zero attached hydrogens (tertiary/aromatic N) is 4. The van der Waals surface area contributed by atoms with Gasteiger partial charge >= 0.3 is 0 Å². The molecule has 146 valence electrons. The molecule has 2 aromatic heterocycles. The van der Waals surface area contributed by atoms with E-state index < -0.39 is 31.1 Å². The van der Waals surface area contributed by atoms with Crippen LogP contribution in [0.25, 0.3) is 11.2 Å². The van der Waals surface area contributed by atoms with E-state index >= 15 is 0 Å². The van der Waals surface area contributed by atoms with Crippen LogP contribution >= 0.6 is 0 Å². The molecule has 0 radical (unpaired) electrons. The lowest BCUT2D eigenvalue weighted by molar-refractivity contribution is -0.0511. The van der Waals surface area contributed by atoms with Gasteiger partial charge in [-0.15, -0.1) is 0 Å². The summed E-state index contributed by atoms with van der Waals surface area (Å²) < 4.78 is 8.84. The molecule has 0 aliphatic carbocycles. The Morgan fingerprint density at radius 3 is 2.71 bits per heavy atom. The van der Waals surface area contributed by atoms with Crippen LogP contribution in [-0.4, -0.2) is 59.3 Å². The molecule has 2 aliphatic rings. The summed E-state index contributed by atoms with van der Waals surface area (Å²) in [5.41, 5.74) is 2.07. The monoisotopic (exact) mass is 384 g/mol. The Morgan fingerprint density at radius 1 is 1.21 bits per heavy atom. The summed E-state index contributed by atoms with van der Waals surface area (Å²) in [6, 6.07) is 9.94. The van der Waals surface area contributed by atoms with Crippen LogP contribution in [0.5, 0.6) is 0 Å². The maximum absolute atomic E-state index is 10.3. The van der Waals surface area contributed by atoms with Crippen molar-refractivity contribution >= 4 is 17.0 Å². The zero-order valence-corrected chi connectivity index (χ0v) is 14.8. The van der Waals surface area contributed by atoms with Gasteiger partial charge in [-0.25, -0.2) is 4.98 Å². The van der Waals surface area contributed by atoms with Crippen LogP contribution in [0.2, 0.25) is 0 Å². The zero-order chi connectivity index (χ0) is 19.4. The number of benzene rings is 1. The van der Waals surface area contributed by atoms with E-state index in [0.717, 1.165) is 5.56 Å². The van der Waals surface area contributed by atoms with E-state index in [1.54, 1.807) is 4.57 Å². The predicted molar refractivity (Wildman–Crippen MR) is 97.2 cm³/mol. The second-order valence-corrected chi connectivity index (χ2v) is 7.06. The van der Waals surface area contributed by atoms with E-state index in [1.807, 2.05) is 30.3 Å². The van der Waals surface area contributed by atoms with Crippen LogP contribution in [0.1, 0.15) is 17.8 Å². The first kappa shape index (κ1) is 17.3. The SMILES string of the molecule is N=c1nc2c(ncn2C2O[C@@H](CO)[C@H](O)[C@@H]2O)c2n1C[C@H](c1ccccc1)N2. The quantitative estimate of drug-likeness (QED) is 0.409. The third-order valence-corrected chi connectivity index (χ3v) is 5.40.